The lowest BCUT2D eigenvalue weighted by atomic mass is 10.1. The van der Waals surface area contributed by atoms with Gasteiger partial charge in [-0.1, -0.05) is 13.8 Å². The minimum atomic E-state index is -0.438. The third kappa shape index (κ3) is 1.82. The van der Waals surface area contributed by atoms with Gasteiger partial charge in [-0.3, -0.25) is 0 Å². The van der Waals surface area contributed by atoms with Gasteiger partial charge in [0.1, 0.15) is 6.29 Å². The predicted molar refractivity (Wildman–Crippen MR) is 47.2 cm³/mol. The summed E-state index contributed by atoms with van der Waals surface area (Å²) in [7, 11) is 1.32. The van der Waals surface area contributed by atoms with Crippen molar-refractivity contribution in [1.82, 2.24) is 5.32 Å². The molecule has 0 unspecified atom stereocenters. The number of amides is 1. The highest BCUT2D eigenvalue weighted by molar-refractivity contribution is 5.67. The molecule has 0 bridgehead atoms. The maximum Gasteiger partial charge on any atom is 0.406 e. The molecule has 0 radical (unpaired) electrons. The smallest absolute Gasteiger partial charge is 0.406 e. The van der Waals surface area contributed by atoms with E-state index in [1.165, 1.54) is 7.11 Å². The number of aldehydes is 1. The summed E-state index contributed by atoms with van der Waals surface area (Å²) in [5, 5.41) is 2.59. The van der Waals surface area contributed by atoms with Crippen molar-refractivity contribution >= 4 is 12.4 Å². The molecule has 74 valence electrons. The van der Waals surface area contributed by atoms with Gasteiger partial charge in [-0.15, -0.1) is 0 Å². The Bertz CT molecular complexity index is 225. The number of nitrogens with one attached hydrogen (secondary N) is 1. The first-order valence-electron chi connectivity index (χ1n) is 4.31. The molecule has 0 saturated heterocycles. The first-order valence-corrected chi connectivity index (χ1v) is 4.31. The minimum absolute atomic E-state index is 0.0305. The second-order valence-electron chi connectivity index (χ2n) is 3.96. The van der Waals surface area contributed by atoms with Crippen LogP contribution in [0.3, 0.4) is 0 Å². The van der Waals surface area contributed by atoms with Gasteiger partial charge in [0.25, 0.3) is 0 Å². The number of carbonyl (C=O) groups excluding carboxylic acids is 2. The standard InChI is InChI=1S/C9H15NO3/c1-9(2)6(7(9)5-11)4-10-8(12)13-3/h5-7H,4H2,1-3H3,(H,10,12)/t6-,7+/m0/s1. The van der Waals surface area contributed by atoms with Gasteiger partial charge in [-0.2, -0.15) is 0 Å². The maximum atomic E-state index is 10.7. The van der Waals surface area contributed by atoms with Gasteiger partial charge < -0.3 is 14.8 Å². The normalized spacial score (nSPS) is 29.2. The zero-order chi connectivity index (χ0) is 10.1. The van der Waals surface area contributed by atoms with Crippen LogP contribution >= 0.6 is 0 Å². The van der Waals surface area contributed by atoms with Crippen molar-refractivity contribution in [2.75, 3.05) is 13.7 Å². The van der Waals surface area contributed by atoms with Gasteiger partial charge in [0, 0.05) is 12.5 Å². The molecule has 4 heteroatoms. The fourth-order valence-corrected chi connectivity index (χ4v) is 1.71. The molecule has 2 atom stereocenters. The molecule has 0 aliphatic heterocycles. The summed E-state index contributed by atoms with van der Waals surface area (Å²) >= 11 is 0. The molecule has 1 saturated carbocycles. The van der Waals surface area contributed by atoms with Crippen LogP contribution in [0.5, 0.6) is 0 Å². The van der Waals surface area contributed by atoms with Crippen molar-refractivity contribution in [3.05, 3.63) is 0 Å². The molecular weight excluding hydrogens is 170 g/mol. The van der Waals surface area contributed by atoms with E-state index < -0.39 is 6.09 Å². The van der Waals surface area contributed by atoms with E-state index in [9.17, 15) is 9.59 Å². The lowest BCUT2D eigenvalue weighted by Crippen LogP contribution is -2.26. The van der Waals surface area contributed by atoms with Crippen LogP contribution in [-0.4, -0.2) is 26.0 Å². The van der Waals surface area contributed by atoms with Gasteiger partial charge in [-0.25, -0.2) is 4.79 Å². The Morgan fingerprint density at radius 2 is 2.23 bits per heavy atom. The van der Waals surface area contributed by atoms with Crippen LogP contribution in [0.15, 0.2) is 0 Å². The van der Waals surface area contributed by atoms with Crippen molar-refractivity contribution in [3.63, 3.8) is 0 Å². The Kier molecular flexibility index (Phi) is 2.59. The van der Waals surface area contributed by atoms with E-state index in [4.69, 9.17) is 0 Å². The van der Waals surface area contributed by atoms with Gasteiger partial charge in [0.15, 0.2) is 0 Å². The number of carbonyl (C=O) groups is 2. The van der Waals surface area contributed by atoms with Crippen LogP contribution in [0, 0.1) is 17.3 Å². The van der Waals surface area contributed by atoms with Crippen LogP contribution in [0.4, 0.5) is 4.79 Å². The monoisotopic (exact) mass is 185 g/mol. The average Bonchev–Trinajstić information content (AvgIpc) is 2.63. The Balaban J connectivity index is 2.33. The zero-order valence-corrected chi connectivity index (χ0v) is 8.16. The van der Waals surface area contributed by atoms with Crippen molar-refractivity contribution in [2.24, 2.45) is 17.3 Å². The highest BCUT2D eigenvalue weighted by atomic mass is 16.5. The van der Waals surface area contributed by atoms with Crippen molar-refractivity contribution < 1.29 is 14.3 Å². The highest BCUT2D eigenvalue weighted by Gasteiger charge is 2.57. The van der Waals surface area contributed by atoms with Crippen molar-refractivity contribution in [3.8, 4) is 0 Å². The Morgan fingerprint density at radius 3 is 2.62 bits per heavy atom. The molecule has 4 nitrogen and oxygen atoms in total. The number of hydrogen-bond acceptors (Lipinski definition) is 3. The summed E-state index contributed by atoms with van der Waals surface area (Å²) in [4.78, 5) is 21.3. The van der Waals surface area contributed by atoms with Crippen LogP contribution in [0.1, 0.15) is 13.8 Å². The molecule has 0 aromatic heterocycles. The summed E-state index contributed by atoms with van der Waals surface area (Å²) in [6, 6.07) is 0. The topological polar surface area (TPSA) is 55.4 Å². The van der Waals surface area contributed by atoms with Gasteiger partial charge in [-0.05, 0) is 11.3 Å². The number of ether oxygens (including phenoxy) is 1. The van der Waals surface area contributed by atoms with E-state index in [2.05, 4.69) is 10.1 Å². The average molecular weight is 185 g/mol. The summed E-state index contributed by atoms with van der Waals surface area (Å²) in [5.41, 5.74) is 0.0305. The van der Waals surface area contributed by atoms with Gasteiger partial charge in [0.05, 0.1) is 7.11 Å². The second-order valence-corrected chi connectivity index (χ2v) is 3.96. The number of methoxy groups -OCH3 is 1. The number of alkyl carbamates (subject to hydrolysis) is 1. The summed E-state index contributed by atoms with van der Waals surface area (Å²) in [5.74, 6) is 0.328. The largest absolute Gasteiger partial charge is 0.453 e. The molecule has 1 rings (SSSR count). The molecule has 0 spiro atoms. The van der Waals surface area contributed by atoms with Gasteiger partial charge >= 0.3 is 6.09 Å². The SMILES string of the molecule is COC(=O)NC[C@H]1[C@@H](C=O)C1(C)C. The first-order chi connectivity index (χ1) is 6.04. The third-order valence-electron chi connectivity index (χ3n) is 2.94. The van der Waals surface area contributed by atoms with Crippen molar-refractivity contribution in [1.29, 1.82) is 0 Å². The maximum absolute atomic E-state index is 10.7. The van der Waals surface area contributed by atoms with E-state index in [1.807, 2.05) is 13.8 Å². The molecule has 1 aliphatic rings. The molecule has 13 heavy (non-hydrogen) atoms. The van der Waals surface area contributed by atoms with Crippen molar-refractivity contribution in [2.45, 2.75) is 13.8 Å². The molecule has 0 aromatic carbocycles. The lowest BCUT2D eigenvalue weighted by Gasteiger charge is -2.03. The molecule has 1 fully saturated rings. The zero-order valence-electron chi connectivity index (χ0n) is 8.16. The molecule has 1 N–H and O–H groups in total. The Morgan fingerprint density at radius 1 is 1.62 bits per heavy atom. The summed E-state index contributed by atoms with van der Waals surface area (Å²) in [6.07, 6.45) is 0.524. The Hall–Kier alpha value is -1.06. The van der Waals surface area contributed by atoms with E-state index in [-0.39, 0.29) is 17.3 Å². The predicted octanol–water partition coefficient (Wildman–Crippen LogP) is 0.813. The lowest BCUT2D eigenvalue weighted by molar-refractivity contribution is -0.109. The fourth-order valence-electron chi connectivity index (χ4n) is 1.71. The number of rotatable bonds is 3. The van der Waals surface area contributed by atoms with E-state index in [0.717, 1.165) is 6.29 Å². The Labute approximate surface area is 77.6 Å². The molecule has 0 heterocycles. The number of hydrogen-bond donors (Lipinski definition) is 1. The van der Waals surface area contributed by atoms with Crippen LogP contribution in [-0.2, 0) is 9.53 Å². The van der Waals surface area contributed by atoms with E-state index in [0.29, 0.717) is 6.54 Å². The van der Waals surface area contributed by atoms with Crippen LogP contribution in [0.25, 0.3) is 0 Å². The fraction of sp³-hybridized carbons (Fsp3) is 0.778. The van der Waals surface area contributed by atoms with E-state index in [1.54, 1.807) is 0 Å². The second kappa shape index (κ2) is 3.36. The molecule has 1 amide bonds. The molecular formula is C9H15NO3. The molecule has 1 aliphatic carbocycles. The molecule has 0 aromatic rings. The van der Waals surface area contributed by atoms with E-state index >= 15 is 0 Å². The quantitative estimate of drug-likeness (QED) is 0.662. The van der Waals surface area contributed by atoms with Crippen LogP contribution in [0.2, 0.25) is 0 Å². The van der Waals surface area contributed by atoms with Crippen LogP contribution < -0.4 is 5.32 Å². The highest BCUT2D eigenvalue weighted by Crippen LogP contribution is 2.56. The summed E-state index contributed by atoms with van der Waals surface area (Å²) in [6.45, 7) is 4.56. The summed E-state index contributed by atoms with van der Waals surface area (Å²) < 4.78 is 4.43. The van der Waals surface area contributed by atoms with Gasteiger partial charge in [0.2, 0.25) is 0 Å². The first kappa shape index (κ1) is 10.0. The third-order valence-corrected chi connectivity index (χ3v) is 2.94. The minimum Gasteiger partial charge on any atom is -0.453 e.